The lowest BCUT2D eigenvalue weighted by Crippen LogP contribution is -2.45. The van der Waals surface area contributed by atoms with E-state index >= 15 is 0 Å². The molecule has 146 valence electrons. The first-order valence-corrected chi connectivity index (χ1v) is 8.87. The lowest BCUT2D eigenvalue weighted by Gasteiger charge is -2.31. The molecule has 1 amide bonds. The fraction of sp³-hybridized carbons (Fsp3) is 0.286. The molecular formula is C21H18F3NO3. The Kier molecular flexibility index (Phi) is 5.63. The van der Waals surface area contributed by atoms with E-state index in [1.165, 1.54) is 29.2 Å². The molecule has 0 N–H and O–H groups in total. The van der Waals surface area contributed by atoms with Crippen LogP contribution in [0.2, 0.25) is 0 Å². The predicted molar refractivity (Wildman–Crippen MR) is 95.9 cm³/mol. The molecule has 1 saturated heterocycles. The summed E-state index contributed by atoms with van der Waals surface area (Å²) in [6, 6.07) is 12.4. The lowest BCUT2D eigenvalue weighted by atomic mass is 9.89. The third-order valence-corrected chi connectivity index (χ3v) is 4.78. The molecule has 0 bridgehead atoms. The van der Waals surface area contributed by atoms with E-state index in [9.17, 15) is 27.6 Å². The van der Waals surface area contributed by atoms with Crippen molar-refractivity contribution in [2.75, 3.05) is 13.1 Å². The molecule has 0 aliphatic carbocycles. The summed E-state index contributed by atoms with van der Waals surface area (Å²) in [5, 5.41) is 0. The van der Waals surface area contributed by atoms with Crippen LogP contribution in [0.3, 0.4) is 0 Å². The molecule has 0 radical (unpaired) electrons. The van der Waals surface area contributed by atoms with Gasteiger partial charge < -0.3 is 4.90 Å². The van der Waals surface area contributed by atoms with Gasteiger partial charge in [0.25, 0.3) is 5.91 Å². The van der Waals surface area contributed by atoms with Crippen molar-refractivity contribution in [1.29, 1.82) is 0 Å². The van der Waals surface area contributed by atoms with Crippen LogP contribution < -0.4 is 0 Å². The Morgan fingerprint density at radius 3 is 2.29 bits per heavy atom. The number of Topliss-reactive ketones (excluding diaryl/α,β-unsaturated/α-hetero) is 2. The Morgan fingerprint density at radius 1 is 0.929 bits per heavy atom. The molecule has 2 aromatic rings. The molecule has 28 heavy (non-hydrogen) atoms. The zero-order valence-corrected chi connectivity index (χ0v) is 14.9. The highest BCUT2D eigenvalue weighted by molar-refractivity contribution is 6.42. The second-order valence-corrected chi connectivity index (χ2v) is 6.73. The van der Waals surface area contributed by atoms with Gasteiger partial charge in [-0.25, -0.2) is 0 Å². The van der Waals surface area contributed by atoms with Crippen LogP contribution >= 0.6 is 0 Å². The maximum atomic E-state index is 12.9. The van der Waals surface area contributed by atoms with Gasteiger partial charge in [0.2, 0.25) is 5.78 Å². The number of hydrogen-bond donors (Lipinski definition) is 0. The summed E-state index contributed by atoms with van der Waals surface area (Å²) in [4.78, 5) is 38.9. The summed E-state index contributed by atoms with van der Waals surface area (Å²) in [6.45, 7) is 0.357. The van der Waals surface area contributed by atoms with Crippen molar-refractivity contribution in [3.05, 3.63) is 71.3 Å². The minimum atomic E-state index is -4.53. The van der Waals surface area contributed by atoms with Crippen LogP contribution in [0.15, 0.2) is 54.6 Å². The summed E-state index contributed by atoms with van der Waals surface area (Å²) in [5.74, 6) is -2.44. The maximum Gasteiger partial charge on any atom is 0.416 e. The molecule has 1 fully saturated rings. The number of rotatable bonds is 4. The number of halogens is 3. The van der Waals surface area contributed by atoms with Gasteiger partial charge in [-0.3, -0.25) is 14.4 Å². The van der Waals surface area contributed by atoms with Crippen molar-refractivity contribution < 1.29 is 27.6 Å². The highest BCUT2D eigenvalue weighted by Gasteiger charge is 2.34. The standard InChI is InChI=1S/C21H18F3NO3/c22-21(23,24)17-10-4-8-15(12-17)18(26)16-9-5-11-25(13-16)20(28)19(27)14-6-2-1-3-7-14/h1-4,6-8,10,12,16H,5,9,11,13H2/t16-/m1/s1. The first-order valence-electron chi connectivity index (χ1n) is 8.87. The van der Waals surface area contributed by atoms with Crippen molar-refractivity contribution in [1.82, 2.24) is 4.90 Å². The van der Waals surface area contributed by atoms with Gasteiger partial charge in [-0.1, -0.05) is 42.5 Å². The third-order valence-electron chi connectivity index (χ3n) is 4.78. The van der Waals surface area contributed by atoms with E-state index < -0.39 is 35.1 Å². The smallest absolute Gasteiger partial charge is 0.335 e. The number of ketones is 2. The van der Waals surface area contributed by atoms with Crippen LogP contribution in [-0.4, -0.2) is 35.5 Å². The Morgan fingerprint density at radius 2 is 1.61 bits per heavy atom. The third kappa shape index (κ3) is 4.30. The fourth-order valence-corrected chi connectivity index (χ4v) is 3.32. The summed E-state index contributed by atoms with van der Waals surface area (Å²) in [5.41, 5.74) is -0.663. The average Bonchev–Trinajstić information content (AvgIpc) is 2.72. The van der Waals surface area contributed by atoms with Crippen LogP contribution in [0.25, 0.3) is 0 Å². The highest BCUT2D eigenvalue weighted by Crippen LogP contribution is 2.30. The quantitative estimate of drug-likeness (QED) is 0.587. The van der Waals surface area contributed by atoms with Crippen LogP contribution in [0.4, 0.5) is 13.2 Å². The van der Waals surface area contributed by atoms with Gasteiger partial charge in [0.1, 0.15) is 0 Å². The number of piperidine rings is 1. The highest BCUT2D eigenvalue weighted by atomic mass is 19.4. The summed E-state index contributed by atoms with van der Waals surface area (Å²) < 4.78 is 38.7. The second-order valence-electron chi connectivity index (χ2n) is 6.73. The molecule has 0 spiro atoms. The fourth-order valence-electron chi connectivity index (χ4n) is 3.32. The van der Waals surface area contributed by atoms with Gasteiger partial charge >= 0.3 is 6.18 Å². The van der Waals surface area contributed by atoms with Gasteiger partial charge in [-0.15, -0.1) is 0 Å². The Balaban J connectivity index is 1.73. The Bertz CT molecular complexity index is 893. The molecule has 2 aromatic carbocycles. The van der Waals surface area contributed by atoms with Crippen molar-refractivity contribution in [2.24, 2.45) is 5.92 Å². The number of amides is 1. The molecule has 1 atom stereocenters. The number of carbonyl (C=O) groups is 3. The van der Waals surface area contributed by atoms with E-state index in [0.29, 0.717) is 19.4 Å². The molecular weight excluding hydrogens is 371 g/mol. The second kappa shape index (κ2) is 7.96. The molecule has 1 aliphatic heterocycles. The summed E-state index contributed by atoms with van der Waals surface area (Å²) in [6.07, 6.45) is -3.57. The minimum absolute atomic E-state index is 0.0203. The molecule has 7 heteroatoms. The molecule has 0 aromatic heterocycles. The Hall–Kier alpha value is -2.96. The zero-order chi connectivity index (χ0) is 20.3. The van der Waals surface area contributed by atoms with Gasteiger partial charge in [-0.2, -0.15) is 13.2 Å². The number of hydrogen-bond acceptors (Lipinski definition) is 3. The zero-order valence-electron chi connectivity index (χ0n) is 14.9. The molecule has 1 aliphatic rings. The van der Waals surface area contributed by atoms with E-state index in [4.69, 9.17) is 0 Å². The van der Waals surface area contributed by atoms with Crippen LogP contribution in [-0.2, 0) is 11.0 Å². The molecule has 4 nitrogen and oxygen atoms in total. The topological polar surface area (TPSA) is 54.5 Å². The van der Waals surface area contributed by atoms with Gasteiger partial charge in [0, 0.05) is 30.1 Å². The van der Waals surface area contributed by atoms with Crippen molar-refractivity contribution in [3.8, 4) is 0 Å². The van der Waals surface area contributed by atoms with Crippen LogP contribution in [0.5, 0.6) is 0 Å². The average molecular weight is 389 g/mol. The molecule has 1 heterocycles. The monoisotopic (exact) mass is 389 g/mol. The van der Waals surface area contributed by atoms with Crippen LogP contribution in [0.1, 0.15) is 39.1 Å². The van der Waals surface area contributed by atoms with E-state index in [-0.39, 0.29) is 17.7 Å². The molecule has 3 rings (SSSR count). The van der Waals surface area contributed by atoms with Crippen molar-refractivity contribution >= 4 is 17.5 Å². The van der Waals surface area contributed by atoms with Gasteiger partial charge in [0.15, 0.2) is 5.78 Å². The largest absolute Gasteiger partial charge is 0.416 e. The first-order chi connectivity index (χ1) is 13.3. The molecule has 0 saturated carbocycles. The SMILES string of the molecule is O=C(C(=O)N1CCC[C@@H](C(=O)c2cccc(C(F)(F)F)c2)C1)c1ccccc1. The predicted octanol–water partition coefficient (Wildman–Crippen LogP) is 4.01. The van der Waals surface area contributed by atoms with Crippen molar-refractivity contribution in [2.45, 2.75) is 19.0 Å². The van der Waals surface area contributed by atoms with Gasteiger partial charge in [-0.05, 0) is 25.0 Å². The number of likely N-dealkylation sites (tertiary alicyclic amines) is 1. The normalized spacial score (nSPS) is 17.2. The lowest BCUT2D eigenvalue weighted by molar-refractivity contribution is -0.137. The number of benzene rings is 2. The number of carbonyl (C=O) groups excluding carboxylic acids is 3. The summed E-state index contributed by atoms with van der Waals surface area (Å²) in [7, 11) is 0. The van der Waals surface area contributed by atoms with Crippen LogP contribution in [0, 0.1) is 5.92 Å². The molecule has 0 unspecified atom stereocenters. The first kappa shape index (κ1) is 19.8. The van der Waals surface area contributed by atoms with E-state index in [1.54, 1.807) is 18.2 Å². The van der Waals surface area contributed by atoms with E-state index in [1.807, 2.05) is 0 Å². The minimum Gasteiger partial charge on any atom is -0.335 e. The van der Waals surface area contributed by atoms with E-state index in [0.717, 1.165) is 12.1 Å². The Labute approximate surface area is 160 Å². The summed E-state index contributed by atoms with van der Waals surface area (Å²) >= 11 is 0. The number of alkyl halides is 3. The maximum absolute atomic E-state index is 12.9. The number of nitrogens with zero attached hydrogens (tertiary/aromatic N) is 1. The van der Waals surface area contributed by atoms with E-state index in [2.05, 4.69) is 0 Å². The van der Waals surface area contributed by atoms with Gasteiger partial charge in [0.05, 0.1) is 5.56 Å². The van der Waals surface area contributed by atoms with Crippen molar-refractivity contribution in [3.63, 3.8) is 0 Å².